The van der Waals surface area contributed by atoms with E-state index >= 15 is 4.39 Å². The molecule has 3 heterocycles. The normalized spacial score (nSPS) is 19.3. The average Bonchev–Trinajstić information content (AvgIpc) is 3.33. The van der Waals surface area contributed by atoms with Crippen molar-refractivity contribution in [3.63, 3.8) is 0 Å². The number of halogens is 3. The zero-order valence-electron chi connectivity index (χ0n) is 18.9. The van der Waals surface area contributed by atoms with Gasteiger partial charge in [0, 0.05) is 30.8 Å². The van der Waals surface area contributed by atoms with E-state index in [1.807, 2.05) is 0 Å². The summed E-state index contributed by atoms with van der Waals surface area (Å²) >= 11 is 0. The number of aromatic nitrogens is 2. The minimum absolute atomic E-state index is 0.00437. The second-order valence-electron chi connectivity index (χ2n) is 8.68. The Morgan fingerprint density at radius 2 is 1.97 bits per heavy atom. The highest BCUT2D eigenvalue weighted by atomic mass is 19.1. The van der Waals surface area contributed by atoms with Crippen molar-refractivity contribution in [3.8, 4) is 28.9 Å². The van der Waals surface area contributed by atoms with Crippen molar-refractivity contribution in [2.75, 3.05) is 31.6 Å². The van der Waals surface area contributed by atoms with Crippen LogP contribution in [0.3, 0.4) is 0 Å². The van der Waals surface area contributed by atoms with Crippen molar-refractivity contribution in [3.05, 3.63) is 69.8 Å². The Hall–Kier alpha value is -3.84. The molecule has 2 saturated heterocycles. The SMILES string of the molecule is COc1ccc(-n2c(-c3ccc(C#N)c(F)c3)nc(N3CCC4NCCC4C3)c(F)c2=O)cc1F. The lowest BCUT2D eigenvalue weighted by atomic mass is 9.93. The molecule has 7 nitrogen and oxygen atoms in total. The van der Waals surface area contributed by atoms with Crippen LogP contribution in [0.25, 0.3) is 17.1 Å². The highest BCUT2D eigenvalue weighted by Gasteiger charge is 2.35. The fraction of sp³-hybridized carbons (Fsp3) is 0.320. The molecule has 35 heavy (non-hydrogen) atoms. The minimum atomic E-state index is -1.07. The Morgan fingerprint density at radius 3 is 2.69 bits per heavy atom. The predicted octanol–water partition coefficient (Wildman–Crippen LogP) is 3.39. The first-order valence-electron chi connectivity index (χ1n) is 11.3. The number of nitrogens with one attached hydrogen (secondary N) is 1. The zero-order chi connectivity index (χ0) is 24.7. The lowest BCUT2D eigenvalue weighted by Gasteiger charge is -2.36. The molecule has 2 aliphatic heterocycles. The van der Waals surface area contributed by atoms with Gasteiger partial charge in [0.05, 0.1) is 18.4 Å². The highest BCUT2D eigenvalue weighted by Crippen LogP contribution is 2.31. The van der Waals surface area contributed by atoms with E-state index in [1.54, 1.807) is 11.0 Å². The van der Waals surface area contributed by atoms with Gasteiger partial charge in [-0.2, -0.15) is 9.65 Å². The van der Waals surface area contributed by atoms with Crippen molar-refractivity contribution in [2.24, 2.45) is 5.92 Å². The number of anilines is 1. The molecule has 0 aliphatic carbocycles. The molecule has 0 spiro atoms. The molecule has 2 aliphatic rings. The Labute approximate surface area is 199 Å². The third kappa shape index (κ3) is 4.02. The van der Waals surface area contributed by atoms with Gasteiger partial charge in [0.25, 0.3) is 5.56 Å². The van der Waals surface area contributed by atoms with E-state index in [0.29, 0.717) is 25.0 Å². The fourth-order valence-electron chi connectivity index (χ4n) is 4.91. The van der Waals surface area contributed by atoms with Crippen molar-refractivity contribution in [1.29, 1.82) is 5.26 Å². The number of rotatable bonds is 4. The lowest BCUT2D eigenvalue weighted by Crippen LogP contribution is -2.46. The first-order valence-corrected chi connectivity index (χ1v) is 11.3. The van der Waals surface area contributed by atoms with Crippen LogP contribution in [0, 0.1) is 34.7 Å². The van der Waals surface area contributed by atoms with Crippen LogP contribution in [0.2, 0.25) is 0 Å². The van der Waals surface area contributed by atoms with Crippen molar-refractivity contribution >= 4 is 5.82 Å². The molecule has 5 rings (SSSR count). The largest absolute Gasteiger partial charge is 0.494 e. The molecule has 0 bridgehead atoms. The first-order chi connectivity index (χ1) is 16.9. The van der Waals surface area contributed by atoms with Crippen LogP contribution in [0.15, 0.2) is 41.2 Å². The minimum Gasteiger partial charge on any atom is -0.494 e. The van der Waals surface area contributed by atoms with Crippen LogP contribution in [-0.2, 0) is 0 Å². The number of methoxy groups -OCH3 is 1. The second kappa shape index (κ2) is 9.07. The summed E-state index contributed by atoms with van der Waals surface area (Å²) in [5, 5.41) is 12.5. The van der Waals surface area contributed by atoms with E-state index in [2.05, 4.69) is 10.3 Å². The van der Waals surface area contributed by atoms with E-state index in [-0.39, 0.29) is 34.2 Å². The standard InChI is InChI=1S/C25H22F3N5O2/c1-35-21-5-4-17(11-19(21)27)33-23(14-2-3-15(12-29)18(26)10-14)31-24(22(28)25(33)34)32-9-7-20-16(13-32)6-8-30-20/h2-5,10-11,16,20,30H,6-9,13H2,1H3. The molecule has 2 fully saturated rings. The molecule has 2 unspecified atom stereocenters. The van der Waals surface area contributed by atoms with Gasteiger partial charge < -0.3 is 15.0 Å². The highest BCUT2D eigenvalue weighted by molar-refractivity contribution is 5.63. The van der Waals surface area contributed by atoms with Gasteiger partial charge in [-0.3, -0.25) is 9.36 Å². The number of fused-ring (bicyclic) bond motifs is 1. The number of hydrogen-bond donors (Lipinski definition) is 1. The van der Waals surface area contributed by atoms with Gasteiger partial charge in [-0.1, -0.05) is 0 Å². The predicted molar refractivity (Wildman–Crippen MR) is 123 cm³/mol. The summed E-state index contributed by atoms with van der Waals surface area (Å²) in [5.74, 6) is -2.56. The first kappa shape index (κ1) is 22.9. The average molecular weight is 481 g/mol. The van der Waals surface area contributed by atoms with Crippen molar-refractivity contribution in [2.45, 2.75) is 18.9 Å². The van der Waals surface area contributed by atoms with Gasteiger partial charge in [0.15, 0.2) is 17.4 Å². The summed E-state index contributed by atoms with van der Waals surface area (Å²) < 4.78 is 50.4. The maximum Gasteiger partial charge on any atom is 0.296 e. The van der Waals surface area contributed by atoms with Crippen LogP contribution in [-0.4, -0.2) is 42.3 Å². The monoisotopic (exact) mass is 481 g/mol. The number of nitriles is 1. The molecule has 10 heteroatoms. The topological polar surface area (TPSA) is 83.2 Å². The Morgan fingerprint density at radius 1 is 1.14 bits per heavy atom. The lowest BCUT2D eigenvalue weighted by molar-refractivity contribution is 0.371. The molecule has 1 N–H and O–H groups in total. The molecule has 0 amide bonds. The Kier molecular flexibility index (Phi) is 5.94. The van der Waals surface area contributed by atoms with Gasteiger partial charge >= 0.3 is 0 Å². The number of piperidine rings is 1. The number of nitrogens with zero attached hydrogens (tertiary/aromatic N) is 4. The molecular formula is C25H22F3N5O2. The number of benzene rings is 2. The van der Waals surface area contributed by atoms with E-state index in [0.717, 1.165) is 36.1 Å². The van der Waals surface area contributed by atoms with Gasteiger partial charge in [0.2, 0.25) is 5.82 Å². The fourth-order valence-corrected chi connectivity index (χ4v) is 4.91. The van der Waals surface area contributed by atoms with Gasteiger partial charge in [-0.05, 0) is 55.6 Å². The molecule has 2 aromatic carbocycles. The van der Waals surface area contributed by atoms with Gasteiger partial charge in [0.1, 0.15) is 17.7 Å². The van der Waals surface area contributed by atoms with E-state index in [9.17, 15) is 13.6 Å². The van der Waals surface area contributed by atoms with Crippen LogP contribution in [0.4, 0.5) is 19.0 Å². The van der Waals surface area contributed by atoms with E-state index < -0.39 is 23.0 Å². The van der Waals surface area contributed by atoms with Gasteiger partial charge in [-0.15, -0.1) is 0 Å². The van der Waals surface area contributed by atoms with E-state index in [1.165, 1.54) is 31.4 Å². The van der Waals surface area contributed by atoms with Gasteiger partial charge in [-0.25, -0.2) is 13.8 Å². The molecule has 3 aromatic rings. The maximum atomic E-state index is 15.5. The molecule has 2 atom stereocenters. The second-order valence-corrected chi connectivity index (χ2v) is 8.68. The summed E-state index contributed by atoms with van der Waals surface area (Å²) in [7, 11) is 1.30. The molecule has 0 radical (unpaired) electrons. The molecule has 180 valence electrons. The van der Waals surface area contributed by atoms with E-state index in [4.69, 9.17) is 10.00 Å². The Balaban J connectivity index is 1.70. The summed E-state index contributed by atoms with van der Waals surface area (Å²) in [6.07, 6.45) is 1.72. The summed E-state index contributed by atoms with van der Waals surface area (Å²) in [6, 6.07) is 9.57. The third-order valence-electron chi connectivity index (χ3n) is 6.71. The van der Waals surface area contributed by atoms with Crippen LogP contribution in [0.5, 0.6) is 5.75 Å². The zero-order valence-corrected chi connectivity index (χ0v) is 18.9. The number of hydrogen-bond acceptors (Lipinski definition) is 6. The van der Waals surface area contributed by atoms with Crippen molar-refractivity contribution in [1.82, 2.24) is 14.9 Å². The summed E-state index contributed by atoms with van der Waals surface area (Å²) in [6.45, 7) is 1.92. The Bertz CT molecular complexity index is 1400. The van der Waals surface area contributed by atoms with Crippen LogP contribution >= 0.6 is 0 Å². The molecular weight excluding hydrogens is 459 g/mol. The van der Waals surface area contributed by atoms with Crippen molar-refractivity contribution < 1.29 is 17.9 Å². The maximum absolute atomic E-state index is 15.5. The molecule has 1 aromatic heterocycles. The quantitative estimate of drug-likeness (QED) is 0.615. The summed E-state index contributed by atoms with van der Waals surface area (Å²) in [5.41, 5.74) is -1.07. The summed E-state index contributed by atoms with van der Waals surface area (Å²) in [4.78, 5) is 19.6. The van der Waals surface area contributed by atoms with Crippen LogP contribution < -0.4 is 20.5 Å². The third-order valence-corrected chi connectivity index (χ3v) is 6.71. The van der Waals surface area contributed by atoms with Crippen LogP contribution in [0.1, 0.15) is 18.4 Å². The smallest absolute Gasteiger partial charge is 0.296 e. The number of ether oxygens (including phenoxy) is 1. The molecule has 0 saturated carbocycles.